The zero-order chi connectivity index (χ0) is 11.7. The minimum absolute atomic E-state index is 0.542. The van der Waals surface area contributed by atoms with Crippen LogP contribution in [0.3, 0.4) is 0 Å². The minimum Gasteiger partial charge on any atom is -0.333 e. The van der Waals surface area contributed by atoms with Gasteiger partial charge in [0.2, 0.25) is 0 Å². The number of rotatable bonds is 3. The fourth-order valence-corrected chi connectivity index (χ4v) is 1.29. The topological polar surface area (TPSA) is 26.0 Å². The molecule has 82 valence electrons. The van der Waals surface area contributed by atoms with Crippen molar-refractivity contribution in [3.63, 3.8) is 0 Å². The standard InChI is InChI=1S/C13H16.CH5N/c1-4-11(2)12(3)10-13-8-6-5-7-9-13;1-2/h5-9,12H,1,10H2,2-3H3;2H2,1H3. The molecule has 1 atom stereocenters. The Bertz CT molecular complexity index is 307. The predicted octanol–water partition coefficient (Wildman–Crippen LogP) is 3.17. The molecule has 1 rings (SSSR count). The number of hydrogen-bond acceptors (Lipinski definition) is 1. The highest BCUT2D eigenvalue weighted by Crippen LogP contribution is 2.14. The van der Waals surface area contributed by atoms with Crippen molar-refractivity contribution in [2.75, 3.05) is 7.05 Å². The number of allylic oxidation sites excluding steroid dienone is 1. The number of benzene rings is 1. The van der Waals surface area contributed by atoms with Crippen molar-refractivity contribution < 1.29 is 0 Å². The van der Waals surface area contributed by atoms with Gasteiger partial charge in [-0.1, -0.05) is 43.8 Å². The van der Waals surface area contributed by atoms with E-state index in [0.717, 1.165) is 6.42 Å². The van der Waals surface area contributed by atoms with Gasteiger partial charge in [0.1, 0.15) is 0 Å². The molecule has 1 heteroatoms. The molecule has 0 aliphatic heterocycles. The van der Waals surface area contributed by atoms with Crippen molar-refractivity contribution in [2.24, 2.45) is 11.7 Å². The van der Waals surface area contributed by atoms with Crippen LogP contribution < -0.4 is 5.73 Å². The summed E-state index contributed by atoms with van der Waals surface area (Å²) in [6.45, 7) is 7.95. The average Bonchev–Trinajstić information content (AvgIpc) is 2.32. The Morgan fingerprint density at radius 1 is 1.33 bits per heavy atom. The monoisotopic (exact) mass is 203 g/mol. The number of hydrogen-bond donors (Lipinski definition) is 1. The van der Waals surface area contributed by atoms with E-state index < -0.39 is 0 Å². The van der Waals surface area contributed by atoms with Crippen LogP contribution in [0.4, 0.5) is 0 Å². The van der Waals surface area contributed by atoms with E-state index in [4.69, 9.17) is 0 Å². The van der Waals surface area contributed by atoms with Crippen LogP contribution in [0.25, 0.3) is 0 Å². The zero-order valence-electron chi connectivity index (χ0n) is 9.96. The molecule has 0 aliphatic carbocycles. The molecule has 0 amide bonds. The summed E-state index contributed by atoms with van der Waals surface area (Å²) in [5, 5.41) is 0. The second kappa shape index (κ2) is 8.05. The van der Waals surface area contributed by atoms with Gasteiger partial charge in [-0.05, 0) is 37.4 Å². The maximum Gasteiger partial charge on any atom is -0.0118 e. The largest absolute Gasteiger partial charge is 0.333 e. The van der Waals surface area contributed by atoms with E-state index in [0.29, 0.717) is 5.92 Å². The van der Waals surface area contributed by atoms with E-state index in [1.807, 2.05) is 6.07 Å². The normalized spacial score (nSPS) is 10.7. The molecule has 2 N–H and O–H groups in total. The molecule has 1 nitrogen and oxygen atoms in total. The van der Waals surface area contributed by atoms with Crippen LogP contribution in [0.1, 0.15) is 19.4 Å². The third kappa shape index (κ3) is 5.21. The molecule has 0 aromatic heterocycles. The number of nitrogens with two attached hydrogens (primary N) is 1. The van der Waals surface area contributed by atoms with Gasteiger partial charge in [0.15, 0.2) is 0 Å². The lowest BCUT2D eigenvalue weighted by Crippen LogP contribution is -2.00. The molecule has 0 aliphatic rings. The van der Waals surface area contributed by atoms with Crippen LogP contribution in [-0.4, -0.2) is 7.05 Å². The molecule has 0 fully saturated rings. The Morgan fingerprint density at radius 3 is 2.33 bits per heavy atom. The second-order valence-corrected chi connectivity index (χ2v) is 3.45. The lowest BCUT2D eigenvalue weighted by molar-refractivity contribution is 0.679. The SMILES string of the molecule is C=C=C(C)C(C)Cc1ccccc1.CN. The van der Waals surface area contributed by atoms with Crippen molar-refractivity contribution in [2.45, 2.75) is 20.3 Å². The van der Waals surface area contributed by atoms with Crippen LogP contribution in [0, 0.1) is 5.92 Å². The molecule has 15 heavy (non-hydrogen) atoms. The Kier molecular flexibility index (Phi) is 7.35. The lowest BCUT2D eigenvalue weighted by Gasteiger charge is -2.09. The summed E-state index contributed by atoms with van der Waals surface area (Å²) in [6, 6.07) is 10.5. The highest BCUT2D eigenvalue weighted by Gasteiger charge is 2.03. The molecule has 0 bridgehead atoms. The van der Waals surface area contributed by atoms with Gasteiger partial charge in [-0.15, -0.1) is 5.73 Å². The predicted molar refractivity (Wildman–Crippen MR) is 67.7 cm³/mol. The summed E-state index contributed by atoms with van der Waals surface area (Å²) in [5.41, 5.74) is 10.1. The van der Waals surface area contributed by atoms with E-state index in [9.17, 15) is 0 Å². The van der Waals surface area contributed by atoms with Gasteiger partial charge in [-0.3, -0.25) is 0 Å². The second-order valence-electron chi connectivity index (χ2n) is 3.45. The fraction of sp³-hybridized carbons (Fsp3) is 0.357. The van der Waals surface area contributed by atoms with E-state index in [1.54, 1.807) is 0 Å². The third-order valence-electron chi connectivity index (χ3n) is 2.40. The van der Waals surface area contributed by atoms with Crippen LogP contribution in [0.5, 0.6) is 0 Å². The van der Waals surface area contributed by atoms with Gasteiger partial charge >= 0.3 is 0 Å². The van der Waals surface area contributed by atoms with Crippen molar-refractivity contribution in [3.8, 4) is 0 Å². The highest BCUT2D eigenvalue weighted by atomic mass is 14.4. The molecule has 1 aromatic rings. The van der Waals surface area contributed by atoms with Crippen molar-refractivity contribution in [1.29, 1.82) is 0 Å². The Labute approximate surface area is 93.3 Å². The van der Waals surface area contributed by atoms with Gasteiger partial charge in [0.05, 0.1) is 0 Å². The molecular weight excluding hydrogens is 182 g/mol. The molecule has 0 saturated heterocycles. The molecule has 1 aromatic carbocycles. The van der Waals surface area contributed by atoms with E-state index in [-0.39, 0.29) is 0 Å². The van der Waals surface area contributed by atoms with Gasteiger partial charge in [0, 0.05) is 0 Å². The van der Waals surface area contributed by atoms with Crippen LogP contribution in [0.15, 0.2) is 48.2 Å². The van der Waals surface area contributed by atoms with E-state index in [2.05, 4.69) is 56.2 Å². The van der Waals surface area contributed by atoms with Crippen molar-refractivity contribution >= 4 is 0 Å². The molecule has 0 radical (unpaired) electrons. The van der Waals surface area contributed by atoms with Crippen molar-refractivity contribution in [1.82, 2.24) is 0 Å². The van der Waals surface area contributed by atoms with Crippen LogP contribution in [-0.2, 0) is 6.42 Å². The third-order valence-corrected chi connectivity index (χ3v) is 2.40. The van der Waals surface area contributed by atoms with Gasteiger partial charge < -0.3 is 5.73 Å². The summed E-state index contributed by atoms with van der Waals surface area (Å²) in [7, 11) is 1.50. The fourth-order valence-electron chi connectivity index (χ4n) is 1.29. The van der Waals surface area contributed by atoms with E-state index >= 15 is 0 Å². The lowest BCUT2D eigenvalue weighted by atomic mass is 9.95. The summed E-state index contributed by atoms with van der Waals surface area (Å²) in [4.78, 5) is 0. The first-order chi connectivity index (χ1) is 7.24. The zero-order valence-corrected chi connectivity index (χ0v) is 9.96. The maximum absolute atomic E-state index is 4.50. The first kappa shape index (κ1) is 13.7. The average molecular weight is 203 g/mol. The minimum atomic E-state index is 0.542. The first-order valence-corrected chi connectivity index (χ1v) is 5.22. The molecular formula is C14H21N. The highest BCUT2D eigenvalue weighted by molar-refractivity contribution is 5.17. The Hall–Kier alpha value is -1.30. The van der Waals surface area contributed by atoms with Gasteiger partial charge in [-0.25, -0.2) is 0 Å². The van der Waals surface area contributed by atoms with Gasteiger partial charge in [0.25, 0.3) is 0 Å². The molecule has 0 spiro atoms. The van der Waals surface area contributed by atoms with Crippen LogP contribution >= 0.6 is 0 Å². The molecule has 1 unspecified atom stereocenters. The summed E-state index contributed by atoms with van der Waals surface area (Å²) < 4.78 is 0. The summed E-state index contributed by atoms with van der Waals surface area (Å²) in [6.07, 6.45) is 1.08. The molecule has 0 heterocycles. The van der Waals surface area contributed by atoms with Crippen LogP contribution in [0.2, 0.25) is 0 Å². The first-order valence-electron chi connectivity index (χ1n) is 5.22. The molecule has 0 saturated carbocycles. The Balaban J connectivity index is 0.000000921. The summed E-state index contributed by atoms with van der Waals surface area (Å²) >= 11 is 0. The summed E-state index contributed by atoms with van der Waals surface area (Å²) in [5.74, 6) is 0.542. The maximum atomic E-state index is 4.50. The van der Waals surface area contributed by atoms with Crippen molar-refractivity contribution in [3.05, 3.63) is 53.8 Å². The smallest absolute Gasteiger partial charge is 0.0118 e. The quantitative estimate of drug-likeness (QED) is 0.750. The Morgan fingerprint density at radius 2 is 1.87 bits per heavy atom. The van der Waals surface area contributed by atoms with E-state index in [1.165, 1.54) is 18.2 Å². The van der Waals surface area contributed by atoms with Gasteiger partial charge in [-0.2, -0.15) is 0 Å².